The first-order valence-corrected chi connectivity index (χ1v) is 11.8. The number of carboxylic acid groups (broad SMARTS) is 1. The lowest BCUT2D eigenvalue weighted by Crippen LogP contribution is -2.48. The lowest BCUT2D eigenvalue weighted by atomic mass is 9.98. The molecule has 0 aromatic heterocycles. The first-order valence-electron chi connectivity index (χ1n) is 11.8. The third-order valence-corrected chi connectivity index (χ3v) is 6.51. The van der Waals surface area contributed by atoms with Crippen LogP contribution in [0.4, 0.5) is 4.79 Å². The van der Waals surface area contributed by atoms with Crippen molar-refractivity contribution in [2.45, 2.75) is 44.2 Å². The van der Waals surface area contributed by atoms with Gasteiger partial charge in [-0.15, -0.1) is 0 Å². The van der Waals surface area contributed by atoms with E-state index in [1.807, 2.05) is 29.2 Å². The number of carbonyl (C=O) groups excluding carboxylic acids is 2. The fraction of sp³-hybridized carbons (Fsp3) is 0.423. The Morgan fingerprint density at radius 1 is 1.03 bits per heavy atom. The maximum atomic E-state index is 12.5. The maximum absolute atomic E-state index is 12.5. The highest BCUT2D eigenvalue weighted by Gasteiger charge is 2.29. The average molecular weight is 466 g/mol. The molecule has 8 nitrogen and oxygen atoms in total. The Morgan fingerprint density at radius 2 is 1.62 bits per heavy atom. The number of likely N-dealkylation sites (tertiary alicyclic amines) is 1. The molecule has 34 heavy (non-hydrogen) atoms. The van der Waals surface area contributed by atoms with E-state index in [9.17, 15) is 14.4 Å². The fourth-order valence-electron chi connectivity index (χ4n) is 4.88. The number of amides is 2. The van der Waals surface area contributed by atoms with Crippen molar-refractivity contribution in [3.63, 3.8) is 0 Å². The van der Waals surface area contributed by atoms with E-state index in [0.717, 1.165) is 12.8 Å². The number of fused-ring (bicyclic) bond motifs is 3. The second-order valence-electron chi connectivity index (χ2n) is 9.09. The molecule has 0 radical (unpaired) electrons. The molecular weight excluding hydrogens is 434 g/mol. The highest BCUT2D eigenvalue weighted by molar-refractivity contribution is 5.80. The van der Waals surface area contributed by atoms with Crippen LogP contribution < -0.4 is 10.6 Å². The molecule has 0 bridgehead atoms. The van der Waals surface area contributed by atoms with E-state index in [1.54, 1.807) is 6.92 Å². The minimum atomic E-state index is -0.937. The average Bonchev–Trinajstić information content (AvgIpc) is 3.12. The van der Waals surface area contributed by atoms with Crippen molar-refractivity contribution in [1.29, 1.82) is 0 Å². The highest BCUT2D eigenvalue weighted by Crippen LogP contribution is 2.44. The van der Waals surface area contributed by atoms with Gasteiger partial charge in [-0.25, -0.2) is 4.79 Å². The van der Waals surface area contributed by atoms with Gasteiger partial charge in [-0.2, -0.15) is 0 Å². The molecule has 1 saturated heterocycles. The fourth-order valence-corrected chi connectivity index (χ4v) is 4.88. The van der Waals surface area contributed by atoms with Gasteiger partial charge in [0.2, 0.25) is 5.91 Å². The number of hydrogen-bond acceptors (Lipinski definition) is 5. The standard InChI is InChI=1S/C26H31N3O5/c1-17(14-25(31)32)27-24(30)15-29-12-10-18(11-13-29)28-26(33)34-16-23-21-8-4-2-6-19(21)20-7-3-5-9-22(20)23/h2-9,17-18,23H,10-16H2,1H3,(H,27,30)(H,28,33)(H,31,32)/t17-/m1/s1. The Labute approximate surface area is 199 Å². The van der Waals surface area contributed by atoms with Gasteiger partial charge in [0, 0.05) is 31.1 Å². The number of benzene rings is 2. The molecule has 1 fully saturated rings. The first kappa shape index (κ1) is 23.8. The highest BCUT2D eigenvalue weighted by atomic mass is 16.5. The van der Waals surface area contributed by atoms with Crippen molar-refractivity contribution < 1.29 is 24.2 Å². The largest absolute Gasteiger partial charge is 0.481 e. The third kappa shape index (κ3) is 5.75. The molecule has 180 valence electrons. The Hall–Kier alpha value is -3.39. The van der Waals surface area contributed by atoms with Crippen LogP contribution in [0.3, 0.4) is 0 Å². The third-order valence-electron chi connectivity index (χ3n) is 6.51. The van der Waals surface area contributed by atoms with E-state index in [-0.39, 0.29) is 37.4 Å². The van der Waals surface area contributed by atoms with Crippen LogP contribution in [0.15, 0.2) is 48.5 Å². The summed E-state index contributed by atoms with van der Waals surface area (Å²) in [5, 5.41) is 14.5. The topological polar surface area (TPSA) is 108 Å². The number of piperidine rings is 1. The number of hydrogen-bond donors (Lipinski definition) is 3. The Morgan fingerprint density at radius 3 is 2.21 bits per heavy atom. The van der Waals surface area contributed by atoms with E-state index in [0.29, 0.717) is 13.1 Å². The lowest BCUT2D eigenvalue weighted by molar-refractivity contribution is -0.137. The molecule has 2 amide bonds. The van der Waals surface area contributed by atoms with Crippen LogP contribution in [0.1, 0.15) is 43.2 Å². The number of nitrogens with one attached hydrogen (secondary N) is 2. The summed E-state index contributed by atoms with van der Waals surface area (Å²) in [7, 11) is 0. The second-order valence-corrected chi connectivity index (χ2v) is 9.09. The Balaban J connectivity index is 1.21. The van der Waals surface area contributed by atoms with E-state index >= 15 is 0 Å². The summed E-state index contributed by atoms with van der Waals surface area (Å²) in [5.74, 6) is -1.09. The predicted molar refractivity (Wildman–Crippen MR) is 128 cm³/mol. The molecule has 3 N–H and O–H groups in total. The van der Waals surface area contributed by atoms with Crippen molar-refractivity contribution in [3.8, 4) is 11.1 Å². The number of ether oxygens (including phenoxy) is 1. The molecule has 1 aliphatic carbocycles. The van der Waals surface area contributed by atoms with Crippen LogP contribution >= 0.6 is 0 Å². The molecule has 2 aliphatic rings. The molecule has 0 saturated carbocycles. The SMILES string of the molecule is C[C@H](CC(=O)O)NC(=O)CN1CCC(NC(=O)OCC2c3ccccc3-c3ccccc32)CC1. The maximum Gasteiger partial charge on any atom is 0.407 e. The number of carboxylic acids is 1. The summed E-state index contributed by atoms with van der Waals surface area (Å²) in [6, 6.07) is 16.1. The lowest BCUT2D eigenvalue weighted by Gasteiger charge is -2.32. The smallest absolute Gasteiger partial charge is 0.407 e. The number of nitrogens with zero attached hydrogens (tertiary/aromatic N) is 1. The predicted octanol–water partition coefficient (Wildman–Crippen LogP) is 2.97. The minimum absolute atomic E-state index is 0.000829. The zero-order valence-electron chi connectivity index (χ0n) is 19.3. The van der Waals surface area contributed by atoms with Crippen molar-refractivity contribution in [1.82, 2.24) is 15.5 Å². The molecule has 1 aliphatic heterocycles. The van der Waals surface area contributed by atoms with Crippen LogP contribution in [-0.4, -0.2) is 66.3 Å². The van der Waals surface area contributed by atoms with Crippen molar-refractivity contribution in [2.24, 2.45) is 0 Å². The summed E-state index contributed by atoms with van der Waals surface area (Å²) < 4.78 is 5.63. The summed E-state index contributed by atoms with van der Waals surface area (Å²) in [6.45, 7) is 3.54. The zero-order valence-corrected chi connectivity index (χ0v) is 19.3. The number of carbonyl (C=O) groups is 3. The minimum Gasteiger partial charge on any atom is -0.481 e. The molecule has 1 atom stereocenters. The van der Waals surface area contributed by atoms with E-state index < -0.39 is 18.1 Å². The number of aliphatic carboxylic acids is 1. The second kappa shape index (κ2) is 10.7. The van der Waals surface area contributed by atoms with E-state index in [1.165, 1.54) is 22.3 Å². The normalized spacial score (nSPS) is 16.9. The van der Waals surface area contributed by atoms with Crippen LogP contribution in [-0.2, 0) is 14.3 Å². The molecule has 8 heteroatoms. The van der Waals surface area contributed by atoms with Gasteiger partial charge in [-0.1, -0.05) is 48.5 Å². The van der Waals surface area contributed by atoms with E-state index in [2.05, 4.69) is 34.9 Å². The molecule has 2 aromatic carbocycles. The van der Waals surface area contributed by atoms with Gasteiger partial charge in [0.1, 0.15) is 6.61 Å². The Bertz CT molecular complexity index is 1000. The van der Waals surface area contributed by atoms with Gasteiger partial charge in [0.25, 0.3) is 0 Å². The molecule has 1 heterocycles. The summed E-state index contributed by atoms with van der Waals surface area (Å²) >= 11 is 0. The molecule has 2 aromatic rings. The Kier molecular flexibility index (Phi) is 7.47. The van der Waals surface area contributed by atoms with Crippen LogP contribution in [0, 0.1) is 0 Å². The van der Waals surface area contributed by atoms with Crippen LogP contribution in [0.5, 0.6) is 0 Å². The quantitative estimate of drug-likeness (QED) is 0.553. The molecule has 0 unspecified atom stereocenters. The zero-order chi connectivity index (χ0) is 24.1. The van der Waals surface area contributed by atoms with E-state index in [4.69, 9.17) is 9.84 Å². The van der Waals surface area contributed by atoms with Gasteiger partial charge in [0.15, 0.2) is 0 Å². The number of rotatable bonds is 8. The van der Waals surface area contributed by atoms with Gasteiger partial charge < -0.3 is 20.5 Å². The molecule has 4 rings (SSSR count). The van der Waals surface area contributed by atoms with Gasteiger partial charge in [0.05, 0.1) is 13.0 Å². The summed E-state index contributed by atoms with van der Waals surface area (Å²) in [5.41, 5.74) is 4.75. The van der Waals surface area contributed by atoms with Gasteiger partial charge in [-0.3, -0.25) is 14.5 Å². The van der Waals surface area contributed by atoms with Crippen molar-refractivity contribution in [3.05, 3.63) is 59.7 Å². The monoisotopic (exact) mass is 465 g/mol. The van der Waals surface area contributed by atoms with Gasteiger partial charge >= 0.3 is 12.1 Å². The molecule has 0 spiro atoms. The van der Waals surface area contributed by atoms with Crippen molar-refractivity contribution in [2.75, 3.05) is 26.2 Å². The first-order chi connectivity index (χ1) is 16.4. The van der Waals surface area contributed by atoms with Crippen molar-refractivity contribution >= 4 is 18.0 Å². The van der Waals surface area contributed by atoms with Crippen LogP contribution in [0.25, 0.3) is 11.1 Å². The van der Waals surface area contributed by atoms with Gasteiger partial charge in [-0.05, 0) is 42.0 Å². The summed E-state index contributed by atoms with van der Waals surface area (Å²) in [6.07, 6.45) is 0.933. The van der Waals surface area contributed by atoms with Crippen LogP contribution in [0.2, 0.25) is 0 Å². The molecular formula is C26H31N3O5. The number of alkyl carbamates (subject to hydrolysis) is 1. The summed E-state index contributed by atoms with van der Waals surface area (Å²) in [4.78, 5) is 37.4.